The number of fused-ring (bicyclic) bond motifs is 1. The second-order valence-electron chi connectivity index (χ2n) is 4.62. The Morgan fingerprint density at radius 1 is 1.25 bits per heavy atom. The Bertz CT molecular complexity index is 571. The van der Waals surface area contributed by atoms with Crippen molar-refractivity contribution in [2.24, 2.45) is 5.73 Å². The standard InChI is InChI=1S/C13H17N5O2/c14-7-3-4-8-18-13(15-16-17-18)12-9-19-10-5-1-2-6-11(10)20-12/h1-2,5-6,12H,3-4,7-9,14H2. The summed E-state index contributed by atoms with van der Waals surface area (Å²) in [5.74, 6) is 2.17. The Hall–Kier alpha value is -2.15. The van der Waals surface area contributed by atoms with Gasteiger partial charge in [-0.05, 0) is 41.9 Å². The number of benzene rings is 1. The number of hydrogen-bond acceptors (Lipinski definition) is 6. The molecule has 1 aromatic carbocycles. The lowest BCUT2D eigenvalue weighted by molar-refractivity contribution is 0.0812. The molecule has 0 radical (unpaired) electrons. The number of ether oxygens (including phenoxy) is 2. The average molecular weight is 275 g/mol. The first kappa shape index (κ1) is 12.9. The number of nitrogens with two attached hydrogens (primary N) is 1. The molecular formula is C13H17N5O2. The first-order valence-electron chi connectivity index (χ1n) is 6.73. The molecule has 20 heavy (non-hydrogen) atoms. The molecular weight excluding hydrogens is 258 g/mol. The van der Waals surface area contributed by atoms with Crippen LogP contribution in [0.2, 0.25) is 0 Å². The minimum absolute atomic E-state index is 0.280. The summed E-state index contributed by atoms with van der Waals surface area (Å²) < 4.78 is 13.4. The highest BCUT2D eigenvalue weighted by Gasteiger charge is 2.27. The Kier molecular flexibility index (Phi) is 3.78. The number of nitrogens with zero attached hydrogens (tertiary/aromatic N) is 4. The molecule has 0 saturated carbocycles. The van der Waals surface area contributed by atoms with Crippen LogP contribution in [-0.4, -0.2) is 33.4 Å². The summed E-state index contributed by atoms with van der Waals surface area (Å²) in [6, 6.07) is 7.59. The third kappa shape index (κ3) is 2.57. The molecule has 2 aromatic rings. The van der Waals surface area contributed by atoms with E-state index in [1.165, 1.54) is 0 Å². The maximum absolute atomic E-state index is 5.91. The fourth-order valence-corrected chi connectivity index (χ4v) is 2.15. The molecule has 1 aliphatic heterocycles. The zero-order chi connectivity index (χ0) is 13.8. The predicted octanol–water partition coefficient (Wildman–Crippen LogP) is 0.924. The number of hydrogen-bond donors (Lipinski definition) is 1. The van der Waals surface area contributed by atoms with Crippen molar-refractivity contribution in [3.8, 4) is 11.5 Å². The molecule has 0 saturated heterocycles. The molecule has 1 unspecified atom stereocenters. The van der Waals surface area contributed by atoms with Crippen LogP contribution in [0.25, 0.3) is 0 Å². The zero-order valence-corrected chi connectivity index (χ0v) is 11.1. The van der Waals surface area contributed by atoms with Crippen LogP contribution in [0.1, 0.15) is 24.8 Å². The molecule has 0 aliphatic carbocycles. The van der Waals surface area contributed by atoms with Gasteiger partial charge in [0.25, 0.3) is 0 Å². The van der Waals surface area contributed by atoms with E-state index in [2.05, 4.69) is 15.5 Å². The van der Waals surface area contributed by atoms with Crippen LogP contribution in [0.4, 0.5) is 0 Å². The van der Waals surface area contributed by atoms with Gasteiger partial charge in [0.15, 0.2) is 23.4 Å². The molecule has 1 aromatic heterocycles. The average Bonchev–Trinajstić information content (AvgIpc) is 2.95. The van der Waals surface area contributed by atoms with Gasteiger partial charge in [0.05, 0.1) is 0 Å². The van der Waals surface area contributed by atoms with E-state index in [1.807, 2.05) is 24.3 Å². The Balaban J connectivity index is 1.73. The van der Waals surface area contributed by atoms with Gasteiger partial charge in [-0.1, -0.05) is 12.1 Å². The molecule has 0 spiro atoms. The second kappa shape index (κ2) is 5.87. The summed E-state index contributed by atoms with van der Waals surface area (Å²) in [6.45, 7) is 1.82. The molecule has 2 heterocycles. The molecule has 7 heteroatoms. The van der Waals surface area contributed by atoms with Gasteiger partial charge in [0, 0.05) is 6.54 Å². The second-order valence-corrected chi connectivity index (χ2v) is 4.62. The van der Waals surface area contributed by atoms with Crippen LogP contribution in [0.5, 0.6) is 11.5 Å². The molecule has 106 valence electrons. The highest BCUT2D eigenvalue weighted by molar-refractivity contribution is 5.40. The van der Waals surface area contributed by atoms with Crippen molar-refractivity contribution in [1.82, 2.24) is 20.2 Å². The molecule has 0 bridgehead atoms. The van der Waals surface area contributed by atoms with E-state index in [9.17, 15) is 0 Å². The zero-order valence-electron chi connectivity index (χ0n) is 11.1. The number of para-hydroxylation sites is 2. The Morgan fingerprint density at radius 2 is 2.10 bits per heavy atom. The van der Waals surface area contributed by atoms with Gasteiger partial charge < -0.3 is 15.2 Å². The van der Waals surface area contributed by atoms with E-state index in [0.29, 0.717) is 19.0 Å². The fourth-order valence-electron chi connectivity index (χ4n) is 2.15. The van der Waals surface area contributed by atoms with E-state index < -0.39 is 0 Å². The van der Waals surface area contributed by atoms with Crippen molar-refractivity contribution in [1.29, 1.82) is 0 Å². The maximum atomic E-state index is 5.91. The lowest BCUT2D eigenvalue weighted by Gasteiger charge is -2.25. The predicted molar refractivity (Wildman–Crippen MR) is 71.4 cm³/mol. The van der Waals surface area contributed by atoms with E-state index in [1.54, 1.807) is 4.68 Å². The van der Waals surface area contributed by atoms with E-state index in [4.69, 9.17) is 15.2 Å². The lowest BCUT2D eigenvalue weighted by atomic mass is 10.2. The third-order valence-corrected chi connectivity index (χ3v) is 3.18. The summed E-state index contributed by atoms with van der Waals surface area (Å²) >= 11 is 0. The van der Waals surface area contributed by atoms with Crippen molar-refractivity contribution < 1.29 is 9.47 Å². The van der Waals surface area contributed by atoms with E-state index in [0.717, 1.165) is 30.9 Å². The number of aromatic nitrogens is 4. The first-order chi connectivity index (χ1) is 9.88. The van der Waals surface area contributed by atoms with Crippen LogP contribution < -0.4 is 15.2 Å². The summed E-state index contributed by atoms with van der Waals surface area (Å²) in [7, 11) is 0. The lowest BCUT2D eigenvalue weighted by Crippen LogP contribution is -2.25. The third-order valence-electron chi connectivity index (χ3n) is 3.18. The van der Waals surface area contributed by atoms with Crippen molar-refractivity contribution in [3.05, 3.63) is 30.1 Å². The van der Waals surface area contributed by atoms with Gasteiger partial charge in [-0.3, -0.25) is 0 Å². The van der Waals surface area contributed by atoms with Crippen molar-refractivity contribution in [2.45, 2.75) is 25.5 Å². The molecule has 0 fully saturated rings. The number of tetrazole rings is 1. The maximum Gasteiger partial charge on any atom is 0.195 e. The fraction of sp³-hybridized carbons (Fsp3) is 0.462. The monoisotopic (exact) mass is 275 g/mol. The highest BCUT2D eigenvalue weighted by atomic mass is 16.6. The minimum atomic E-state index is -0.280. The van der Waals surface area contributed by atoms with Gasteiger partial charge in [0.2, 0.25) is 0 Å². The molecule has 0 amide bonds. The Morgan fingerprint density at radius 3 is 2.95 bits per heavy atom. The first-order valence-corrected chi connectivity index (χ1v) is 6.73. The van der Waals surface area contributed by atoms with Gasteiger partial charge in [-0.25, -0.2) is 4.68 Å². The summed E-state index contributed by atoms with van der Waals surface area (Å²) in [5, 5.41) is 11.8. The van der Waals surface area contributed by atoms with Crippen molar-refractivity contribution in [3.63, 3.8) is 0 Å². The summed E-state index contributed by atoms with van der Waals surface area (Å²) in [6.07, 6.45) is 1.61. The minimum Gasteiger partial charge on any atom is -0.485 e. The van der Waals surface area contributed by atoms with Gasteiger partial charge >= 0.3 is 0 Å². The van der Waals surface area contributed by atoms with Crippen LogP contribution in [0.15, 0.2) is 24.3 Å². The summed E-state index contributed by atoms with van der Waals surface area (Å²) in [5.41, 5.74) is 5.50. The van der Waals surface area contributed by atoms with Crippen molar-refractivity contribution in [2.75, 3.05) is 13.2 Å². The van der Waals surface area contributed by atoms with Gasteiger partial charge in [-0.15, -0.1) is 5.10 Å². The van der Waals surface area contributed by atoms with Crippen LogP contribution in [0, 0.1) is 0 Å². The molecule has 7 nitrogen and oxygen atoms in total. The van der Waals surface area contributed by atoms with E-state index >= 15 is 0 Å². The van der Waals surface area contributed by atoms with Gasteiger partial charge in [0.1, 0.15) is 6.61 Å². The number of unbranched alkanes of at least 4 members (excludes halogenated alkanes) is 1. The highest BCUT2D eigenvalue weighted by Crippen LogP contribution is 2.35. The van der Waals surface area contributed by atoms with Crippen molar-refractivity contribution >= 4 is 0 Å². The summed E-state index contributed by atoms with van der Waals surface area (Å²) in [4.78, 5) is 0. The number of aryl methyl sites for hydroxylation is 1. The topological polar surface area (TPSA) is 88.1 Å². The number of rotatable bonds is 5. The molecule has 3 rings (SSSR count). The molecule has 1 aliphatic rings. The quantitative estimate of drug-likeness (QED) is 0.816. The molecule has 2 N–H and O–H groups in total. The normalized spacial score (nSPS) is 17.1. The van der Waals surface area contributed by atoms with Crippen LogP contribution >= 0.6 is 0 Å². The van der Waals surface area contributed by atoms with Crippen LogP contribution in [0.3, 0.4) is 0 Å². The molecule has 1 atom stereocenters. The smallest absolute Gasteiger partial charge is 0.195 e. The largest absolute Gasteiger partial charge is 0.485 e. The van der Waals surface area contributed by atoms with Gasteiger partial charge in [-0.2, -0.15) is 0 Å². The Labute approximate surface area is 116 Å². The van der Waals surface area contributed by atoms with E-state index in [-0.39, 0.29) is 6.10 Å². The SMILES string of the molecule is NCCCCn1nnnc1C1COc2ccccc2O1. The van der Waals surface area contributed by atoms with Crippen LogP contribution in [-0.2, 0) is 6.54 Å².